The molecule has 4 N–H and O–H groups in total. The maximum Gasteiger partial charge on any atom is 0.242 e. The lowest BCUT2D eigenvalue weighted by Crippen LogP contribution is -2.43. The maximum absolute atomic E-state index is 10.8. The average molecular weight is 142 g/mol. The Bertz CT molecular complexity index is 186. The van der Waals surface area contributed by atoms with E-state index in [1.54, 1.807) is 0 Å². The van der Waals surface area contributed by atoms with Gasteiger partial charge in [-0.2, -0.15) is 0 Å². The third-order valence-electron chi connectivity index (χ3n) is 1.01. The second-order valence-electron chi connectivity index (χ2n) is 2.02. The van der Waals surface area contributed by atoms with Crippen molar-refractivity contribution in [2.24, 2.45) is 11.5 Å². The summed E-state index contributed by atoms with van der Waals surface area (Å²) in [6.45, 7) is 4.80. The summed E-state index contributed by atoms with van der Waals surface area (Å²) in [5.74, 6) is -1.33. The third kappa shape index (κ3) is 1.99. The summed E-state index contributed by atoms with van der Waals surface area (Å²) in [4.78, 5) is 21.0. The first-order chi connectivity index (χ1) is 4.46. The zero-order valence-electron chi connectivity index (χ0n) is 5.76. The van der Waals surface area contributed by atoms with Crippen molar-refractivity contribution >= 4 is 11.7 Å². The summed E-state index contributed by atoms with van der Waals surface area (Å²) in [7, 11) is 0. The van der Waals surface area contributed by atoms with E-state index < -0.39 is 17.7 Å². The van der Waals surface area contributed by atoms with Crippen LogP contribution in [-0.4, -0.2) is 17.7 Å². The fourth-order valence-corrected chi connectivity index (χ4v) is 0.395. The summed E-state index contributed by atoms with van der Waals surface area (Å²) in [6.07, 6.45) is 0. The van der Waals surface area contributed by atoms with Gasteiger partial charge in [0.15, 0.2) is 5.78 Å². The molecule has 1 unspecified atom stereocenters. The molecule has 10 heavy (non-hydrogen) atoms. The van der Waals surface area contributed by atoms with Crippen LogP contribution in [-0.2, 0) is 9.59 Å². The van der Waals surface area contributed by atoms with Crippen molar-refractivity contribution in [3.63, 3.8) is 0 Å². The molecule has 0 aliphatic carbocycles. The molecule has 0 bridgehead atoms. The van der Waals surface area contributed by atoms with Crippen LogP contribution in [0.15, 0.2) is 12.2 Å². The molecule has 0 radical (unpaired) electrons. The third-order valence-corrected chi connectivity index (χ3v) is 1.01. The van der Waals surface area contributed by atoms with Gasteiger partial charge in [0, 0.05) is 0 Å². The second kappa shape index (κ2) is 3.12. The molecule has 4 heteroatoms. The largest absolute Gasteiger partial charge is 0.368 e. The number of rotatable bonds is 3. The van der Waals surface area contributed by atoms with Gasteiger partial charge in [-0.3, -0.25) is 9.59 Å². The fourth-order valence-electron chi connectivity index (χ4n) is 0.395. The Hall–Kier alpha value is -1.16. The van der Waals surface area contributed by atoms with E-state index in [2.05, 4.69) is 6.58 Å². The van der Waals surface area contributed by atoms with Gasteiger partial charge < -0.3 is 11.5 Å². The molecule has 1 atom stereocenters. The van der Waals surface area contributed by atoms with Gasteiger partial charge in [-0.05, 0) is 12.5 Å². The monoisotopic (exact) mass is 142 g/mol. The van der Waals surface area contributed by atoms with Crippen LogP contribution in [0.4, 0.5) is 0 Å². The highest BCUT2D eigenvalue weighted by Crippen LogP contribution is 1.92. The van der Waals surface area contributed by atoms with Gasteiger partial charge in [0.25, 0.3) is 0 Å². The van der Waals surface area contributed by atoms with E-state index in [4.69, 9.17) is 11.5 Å². The molecule has 0 rings (SSSR count). The number of carbonyl (C=O) groups excluding carboxylic acids is 2. The van der Waals surface area contributed by atoms with Crippen molar-refractivity contribution in [3.05, 3.63) is 12.2 Å². The standard InChI is InChI=1S/C6H10N2O2/c1-3(2)5(9)4(7)6(8)10/h4H,1,7H2,2H3,(H2,8,10). The van der Waals surface area contributed by atoms with Crippen molar-refractivity contribution < 1.29 is 9.59 Å². The number of amides is 1. The van der Waals surface area contributed by atoms with E-state index in [0.717, 1.165) is 0 Å². The predicted octanol–water partition coefficient (Wildman–Crippen LogP) is -1.06. The first-order valence-corrected chi connectivity index (χ1v) is 2.71. The van der Waals surface area contributed by atoms with Gasteiger partial charge in [-0.25, -0.2) is 0 Å². The number of hydrogen-bond acceptors (Lipinski definition) is 3. The molecule has 0 spiro atoms. The smallest absolute Gasteiger partial charge is 0.242 e. The van der Waals surface area contributed by atoms with Crippen molar-refractivity contribution in [2.45, 2.75) is 13.0 Å². The minimum atomic E-state index is -1.24. The summed E-state index contributed by atoms with van der Waals surface area (Å²) in [5, 5.41) is 0. The SMILES string of the molecule is C=C(C)C(=O)C(N)C(N)=O. The van der Waals surface area contributed by atoms with Crippen molar-refractivity contribution in [3.8, 4) is 0 Å². The normalized spacial score (nSPS) is 12.2. The molecule has 0 aromatic heterocycles. The van der Waals surface area contributed by atoms with Crippen LogP contribution in [0.5, 0.6) is 0 Å². The molecular weight excluding hydrogens is 132 g/mol. The minimum Gasteiger partial charge on any atom is -0.368 e. The molecular formula is C6H10N2O2. The molecule has 0 aromatic rings. The van der Waals surface area contributed by atoms with Gasteiger partial charge in [-0.15, -0.1) is 0 Å². The molecule has 4 nitrogen and oxygen atoms in total. The maximum atomic E-state index is 10.8. The molecule has 0 saturated carbocycles. The molecule has 0 aliphatic rings. The number of ketones is 1. The van der Waals surface area contributed by atoms with Crippen molar-refractivity contribution in [2.75, 3.05) is 0 Å². The zero-order valence-corrected chi connectivity index (χ0v) is 5.76. The van der Waals surface area contributed by atoms with Crippen LogP contribution in [0.25, 0.3) is 0 Å². The Morgan fingerprint density at radius 1 is 1.50 bits per heavy atom. The van der Waals surface area contributed by atoms with Gasteiger partial charge in [-0.1, -0.05) is 6.58 Å². The van der Waals surface area contributed by atoms with E-state index in [1.165, 1.54) is 6.92 Å². The summed E-state index contributed by atoms with van der Waals surface area (Å²) >= 11 is 0. The second-order valence-corrected chi connectivity index (χ2v) is 2.02. The van der Waals surface area contributed by atoms with Crippen LogP contribution >= 0.6 is 0 Å². The molecule has 1 amide bonds. The lowest BCUT2D eigenvalue weighted by molar-refractivity contribution is -0.126. The number of Topliss-reactive ketones (excluding diaryl/α,β-unsaturated/α-hetero) is 1. The highest BCUT2D eigenvalue weighted by Gasteiger charge is 2.18. The Morgan fingerprint density at radius 2 is 1.90 bits per heavy atom. The molecule has 0 heterocycles. The molecule has 0 aliphatic heterocycles. The predicted molar refractivity (Wildman–Crippen MR) is 37.0 cm³/mol. The summed E-state index contributed by atoms with van der Waals surface area (Å²) in [5.41, 5.74) is 10.1. The quantitative estimate of drug-likeness (QED) is 0.389. The average Bonchev–Trinajstić information content (AvgIpc) is 1.84. The first kappa shape index (κ1) is 8.84. The van der Waals surface area contributed by atoms with Crippen LogP contribution in [0, 0.1) is 0 Å². The van der Waals surface area contributed by atoms with Gasteiger partial charge >= 0.3 is 0 Å². The van der Waals surface area contributed by atoms with E-state index in [1.807, 2.05) is 0 Å². The molecule has 0 saturated heterocycles. The van der Waals surface area contributed by atoms with Crippen molar-refractivity contribution in [1.29, 1.82) is 0 Å². The van der Waals surface area contributed by atoms with Gasteiger partial charge in [0.05, 0.1) is 0 Å². The van der Waals surface area contributed by atoms with E-state index in [0.29, 0.717) is 0 Å². The van der Waals surface area contributed by atoms with E-state index in [9.17, 15) is 9.59 Å². The molecule has 0 fully saturated rings. The van der Waals surface area contributed by atoms with Crippen LogP contribution < -0.4 is 11.5 Å². The highest BCUT2D eigenvalue weighted by molar-refractivity contribution is 6.11. The number of nitrogens with two attached hydrogens (primary N) is 2. The molecule has 56 valence electrons. The Kier molecular flexibility index (Phi) is 2.76. The minimum absolute atomic E-state index is 0.242. The van der Waals surface area contributed by atoms with Crippen LogP contribution in [0.1, 0.15) is 6.92 Å². The lowest BCUT2D eigenvalue weighted by atomic mass is 10.1. The highest BCUT2D eigenvalue weighted by atomic mass is 16.2. The lowest BCUT2D eigenvalue weighted by Gasteiger charge is -2.03. The van der Waals surface area contributed by atoms with E-state index >= 15 is 0 Å². The Balaban J connectivity index is 4.22. The van der Waals surface area contributed by atoms with Crippen LogP contribution in [0.2, 0.25) is 0 Å². The Labute approximate surface area is 58.9 Å². The Morgan fingerprint density at radius 3 is 2.00 bits per heavy atom. The molecule has 0 aromatic carbocycles. The summed E-state index contributed by atoms with van der Waals surface area (Å²) < 4.78 is 0. The van der Waals surface area contributed by atoms with Gasteiger partial charge in [0.1, 0.15) is 6.04 Å². The van der Waals surface area contributed by atoms with Gasteiger partial charge in [0.2, 0.25) is 5.91 Å². The topological polar surface area (TPSA) is 86.2 Å². The van der Waals surface area contributed by atoms with E-state index in [-0.39, 0.29) is 5.57 Å². The zero-order chi connectivity index (χ0) is 8.31. The fraction of sp³-hybridized carbons (Fsp3) is 0.333. The van der Waals surface area contributed by atoms with Crippen molar-refractivity contribution in [1.82, 2.24) is 0 Å². The number of hydrogen-bond donors (Lipinski definition) is 2. The summed E-state index contributed by atoms with van der Waals surface area (Å²) in [6, 6.07) is -1.24. The number of carbonyl (C=O) groups is 2. The van der Waals surface area contributed by atoms with Crippen LogP contribution in [0.3, 0.4) is 0 Å². The first-order valence-electron chi connectivity index (χ1n) is 2.71. The number of primary amides is 1.